The van der Waals surface area contributed by atoms with E-state index in [0.29, 0.717) is 0 Å². The third kappa shape index (κ3) is 4.13. The number of aryl methyl sites for hydroxylation is 2. The summed E-state index contributed by atoms with van der Waals surface area (Å²) in [7, 11) is 4.24. The van der Waals surface area contributed by atoms with Gasteiger partial charge in [0.15, 0.2) is 0 Å². The minimum absolute atomic E-state index is 0.815. The number of nitrogens with zero attached hydrogens (tertiary/aromatic N) is 5. The number of rotatable bonds is 4. The van der Waals surface area contributed by atoms with Gasteiger partial charge in [-0.3, -0.25) is 0 Å². The van der Waals surface area contributed by atoms with E-state index in [-0.39, 0.29) is 0 Å². The lowest BCUT2D eigenvalue weighted by atomic mass is 10.1. The molecule has 0 bridgehead atoms. The van der Waals surface area contributed by atoms with Gasteiger partial charge in [0.2, 0.25) is 0 Å². The predicted molar refractivity (Wildman–Crippen MR) is 190 cm³/mol. The summed E-state index contributed by atoms with van der Waals surface area (Å²) in [4.78, 5) is 15.2. The number of para-hydroxylation sites is 2. The fraction of sp³-hybridized carbons (Fsp3) is 0.0488. The van der Waals surface area contributed by atoms with E-state index < -0.39 is 0 Å². The van der Waals surface area contributed by atoms with Gasteiger partial charge < -0.3 is 9.13 Å². The summed E-state index contributed by atoms with van der Waals surface area (Å²) in [5.74, 6) is 0. The standard InChI is InChI=1S/C41H29N5/c1-45-38-18-5-3-10-28(38)30-24-26(20-22-40(30)45)32-12-7-14-34(42-32)36-16-9-17-37(44-36)35-15-8-13-33(43-35)27-21-23-41-31(25-27)29-11-4-6-19-39(29)46(41)2/h3-25H,1-2H3. The van der Waals surface area contributed by atoms with Crippen LogP contribution in [0.3, 0.4) is 0 Å². The first-order chi connectivity index (χ1) is 22.6. The lowest BCUT2D eigenvalue weighted by molar-refractivity contribution is 1.01. The first-order valence-electron chi connectivity index (χ1n) is 15.5. The Morgan fingerprint density at radius 1 is 0.326 bits per heavy atom. The molecular formula is C41H29N5. The average molecular weight is 592 g/mol. The number of pyridine rings is 3. The minimum Gasteiger partial charge on any atom is -0.344 e. The summed E-state index contributed by atoms with van der Waals surface area (Å²) >= 11 is 0. The first-order valence-corrected chi connectivity index (χ1v) is 15.5. The summed E-state index contributed by atoms with van der Waals surface area (Å²) in [6, 6.07) is 48.6. The van der Waals surface area contributed by atoms with Gasteiger partial charge in [0.05, 0.1) is 34.2 Å². The van der Waals surface area contributed by atoms with Crippen LogP contribution >= 0.6 is 0 Å². The second kappa shape index (κ2) is 10.2. The van der Waals surface area contributed by atoms with Gasteiger partial charge in [-0.25, -0.2) is 15.0 Å². The van der Waals surface area contributed by atoms with Gasteiger partial charge in [0.1, 0.15) is 0 Å². The van der Waals surface area contributed by atoms with Crippen LogP contribution in [0.15, 0.2) is 140 Å². The number of hydrogen-bond donors (Lipinski definition) is 0. The summed E-state index contributed by atoms with van der Waals surface area (Å²) in [6.07, 6.45) is 0. The molecule has 0 aliphatic rings. The smallest absolute Gasteiger partial charge is 0.0894 e. The molecule has 0 saturated heterocycles. The highest BCUT2D eigenvalue weighted by Crippen LogP contribution is 2.34. The summed E-state index contributed by atoms with van der Waals surface area (Å²) in [6.45, 7) is 0. The molecule has 0 saturated carbocycles. The highest BCUT2D eigenvalue weighted by atomic mass is 14.9. The fourth-order valence-electron chi connectivity index (χ4n) is 6.85. The topological polar surface area (TPSA) is 48.5 Å². The summed E-state index contributed by atoms with van der Waals surface area (Å²) in [5, 5.41) is 4.96. The van der Waals surface area contributed by atoms with E-state index in [9.17, 15) is 0 Å². The van der Waals surface area contributed by atoms with Crippen LogP contribution < -0.4 is 0 Å². The molecular weight excluding hydrogens is 562 g/mol. The average Bonchev–Trinajstić information content (AvgIpc) is 3.58. The van der Waals surface area contributed by atoms with Gasteiger partial charge in [-0.1, -0.05) is 66.7 Å². The lowest BCUT2D eigenvalue weighted by Crippen LogP contribution is -1.94. The summed E-state index contributed by atoms with van der Waals surface area (Å²) < 4.78 is 4.50. The molecule has 0 unspecified atom stereocenters. The van der Waals surface area contributed by atoms with E-state index in [1.165, 1.54) is 43.6 Å². The van der Waals surface area contributed by atoms with Crippen molar-refractivity contribution in [1.82, 2.24) is 24.1 Å². The van der Waals surface area contributed by atoms with Crippen LogP contribution in [0.5, 0.6) is 0 Å². The molecule has 5 nitrogen and oxygen atoms in total. The van der Waals surface area contributed by atoms with Crippen molar-refractivity contribution >= 4 is 43.6 Å². The molecule has 5 heterocycles. The molecule has 0 aliphatic carbocycles. The maximum Gasteiger partial charge on any atom is 0.0894 e. The maximum absolute atomic E-state index is 5.07. The van der Waals surface area contributed by atoms with Crippen molar-refractivity contribution in [3.05, 3.63) is 140 Å². The van der Waals surface area contributed by atoms with E-state index in [2.05, 4.69) is 132 Å². The normalized spacial score (nSPS) is 11.7. The van der Waals surface area contributed by atoms with Crippen molar-refractivity contribution in [2.45, 2.75) is 0 Å². The largest absolute Gasteiger partial charge is 0.344 e. The zero-order valence-electron chi connectivity index (χ0n) is 25.5. The molecule has 0 atom stereocenters. The zero-order valence-corrected chi connectivity index (χ0v) is 25.5. The molecule has 4 aromatic carbocycles. The van der Waals surface area contributed by atoms with Crippen molar-refractivity contribution in [2.24, 2.45) is 14.1 Å². The van der Waals surface area contributed by atoms with Crippen molar-refractivity contribution in [1.29, 1.82) is 0 Å². The van der Waals surface area contributed by atoms with Crippen LogP contribution in [0.25, 0.3) is 88.9 Å². The Morgan fingerprint density at radius 3 is 1.11 bits per heavy atom. The Hall–Kier alpha value is -6.07. The van der Waals surface area contributed by atoms with Crippen LogP contribution in [0.4, 0.5) is 0 Å². The van der Waals surface area contributed by atoms with Gasteiger partial charge >= 0.3 is 0 Å². The first kappa shape index (κ1) is 26.3. The fourth-order valence-corrected chi connectivity index (χ4v) is 6.85. The van der Waals surface area contributed by atoms with E-state index in [1.807, 2.05) is 30.3 Å². The highest BCUT2D eigenvalue weighted by Gasteiger charge is 2.13. The van der Waals surface area contributed by atoms with Crippen molar-refractivity contribution < 1.29 is 0 Å². The molecule has 218 valence electrons. The van der Waals surface area contributed by atoms with E-state index in [4.69, 9.17) is 15.0 Å². The molecule has 5 heteroatoms. The lowest BCUT2D eigenvalue weighted by Gasteiger charge is -2.08. The van der Waals surface area contributed by atoms with Crippen LogP contribution in [0.2, 0.25) is 0 Å². The number of fused-ring (bicyclic) bond motifs is 6. The van der Waals surface area contributed by atoms with Gasteiger partial charge in [-0.05, 0) is 72.8 Å². The molecule has 0 radical (unpaired) electrons. The van der Waals surface area contributed by atoms with Crippen molar-refractivity contribution in [3.63, 3.8) is 0 Å². The van der Waals surface area contributed by atoms with Gasteiger partial charge in [-0.15, -0.1) is 0 Å². The van der Waals surface area contributed by atoms with Crippen LogP contribution in [-0.2, 0) is 14.1 Å². The third-order valence-electron chi connectivity index (χ3n) is 9.19. The number of hydrogen-bond acceptors (Lipinski definition) is 3. The molecule has 0 fully saturated rings. The molecule has 9 aromatic rings. The highest BCUT2D eigenvalue weighted by molar-refractivity contribution is 6.10. The second-order valence-electron chi connectivity index (χ2n) is 11.8. The molecule has 5 aromatic heterocycles. The van der Waals surface area contributed by atoms with E-state index in [1.54, 1.807) is 0 Å². The Labute approximate surface area is 266 Å². The SMILES string of the molecule is Cn1c2ccccc2c2cc(-c3cccc(-c4cccc(-c5cccc(-c6ccc7c(c6)c6ccccc6n7C)n5)n4)n3)ccc21. The van der Waals surface area contributed by atoms with Crippen LogP contribution in [0.1, 0.15) is 0 Å². The third-order valence-corrected chi connectivity index (χ3v) is 9.19. The van der Waals surface area contributed by atoms with Gasteiger partial charge in [-0.2, -0.15) is 0 Å². The van der Waals surface area contributed by atoms with E-state index in [0.717, 1.165) is 45.3 Å². The molecule has 0 aliphatic heterocycles. The quantitative estimate of drug-likeness (QED) is 0.205. The van der Waals surface area contributed by atoms with Crippen molar-refractivity contribution in [2.75, 3.05) is 0 Å². The number of benzene rings is 4. The zero-order chi connectivity index (χ0) is 30.8. The van der Waals surface area contributed by atoms with Crippen LogP contribution in [-0.4, -0.2) is 24.1 Å². The Kier molecular flexibility index (Phi) is 5.87. The predicted octanol–water partition coefficient (Wildman–Crippen LogP) is 9.83. The van der Waals surface area contributed by atoms with Gasteiger partial charge in [0.25, 0.3) is 0 Å². The Balaban J connectivity index is 1.07. The number of aromatic nitrogens is 5. The maximum atomic E-state index is 5.07. The van der Waals surface area contributed by atoms with Crippen molar-refractivity contribution in [3.8, 4) is 45.3 Å². The molecule has 0 spiro atoms. The molecule has 0 amide bonds. The second-order valence-corrected chi connectivity index (χ2v) is 11.8. The summed E-state index contributed by atoms with van der Waals surface area (Å²) in [5.41, 5.74) is 12.2. The van der Waals surface area contributed by atoms with E-state index >= 15 is 0 Å². The minimum atomic E-state index is 0.815. The molecule has 9 rings (SSSR count). The Bertz CT molecular complexity index is 2450. The monoisotopic (exact) mass is 591 g/mol. The molecule has 0 N–H and O–H groups in total. The Morgan fingerprint density at radius 2 is 0.674 bits per heavy atom. The van der Waals surface area contributed by atoms with Crippen LogP contribution in [0, 0.1) is 0 Å². The molecule has 46 heavy (non-hydrogen) atoms. The van der Waals surface area contributed by atoms with Gasteiger partial charge in [0, 0.05) is 68.8 Å².